The standard InChI is InChI=1S/C10H14O.C2H4O2/c1-2-3-6-9-7-4-5-8-10(9)11;1-2(3)4/h4-5,7-8,11H,2-3,6H2,1H3;1H3,(H,3,4). The second kappa shape index (κ2) is 7.85. The van der Waals surface area contributed by atoms with Crippen LogP contribution in [-0.2, 0) is 11.2 Å². The molecule has 0 aliphatic heterocycles. The minimum absolute atomic E-state index is 0.431. The lowest BCUT2D eigenvalue weighted by molar-refractivity contribution is -0.134. The zero-order valence-corrected chi connectivity index (χ0v) is 9.23. The molecule has 0 saturated carbocycles. The molecule has 0 amide bonds. The van der Waals surface area contributed by atoms with Gasteiger partial charge in [-0.05, 0) is 24.5 Å². The van der Waals surface area contributed by atoms with E-state index >= 15 is 0 Å². The number of carboxylic acids is 1. The third-order valence-electron chi connectivity index (χ3n) is 1.79. The number of hydrogen-bond donors (Lipinski definition) is 2. The van der Waals surface area contributed by atoms with Crippen LogP contribution in [0.2, 0.25) is 0 Å². The molecule has 0 aliphatic carbocycles. The van der Waals surface area contributed by atoms with Crippen molar-refractivity contribution in [3.05, 3.63) is 29.8 Å². The molecule has 1 rings (SSSR count). The number of hydrogen-bond acceptors (Lipinski definition) is 2. The lowest BCUT2D eigenvalue weighted by Crippen LogP contribution is -1.83. The first kappa shape index (κ1) is 13.5. The van der Waals surface area contributed by atoms with Crippen LogP contribution in [0, 0.1) is 0 Å². The maximum atomic E-state index is 9.34. The predicted molar refractivity (Wildman–Crippen MR) is 60.0 cm³/mol. The van der Waals surface area contributed by atoms with Gasteiger partial charge in [0.1, 0.15) is 5.75 Å². The van der Waals surface area contributed by atoms with Crippen molar-refractivity contribution in [2.45, 2.75) is 33.1 Å². The van der Waals surface area contributed by atoms with E-state index in [1.165, 1.54) is 6.42 Å². The highest BCUT2D eigenvalue weighted by Crippen LogP contribution is 2.17. The molecule has 0 aromatic heterocycles. The molecule has 3 heteroatoms. The average molecular weight is 210 g/mol. The molecule has 0 atom stereocenters. The topological polar surface area (TPSA) is 57.5 Å². The van der Waals surface area contributed by atoms with Crippen molar-refractivity contribution in [3.63, 3.8) is 0 Å². The molecule has 0 spiro atoms. The monoisotopic (exact) mass is 210 g/mol. The van der Waals surface area contributed by atoms with Crippen molar-refractivity contribution in [1.29, 1.82) is 0 Å². The van der Waals surface area contributed by atoms with Gasteiger partial charge in [0.2, 0.25) is 0 Å². The quantitative estimate of drug-likeness (QED) is 0.806. The van der Waals surface area contributed by atoms with Crippen LogP contribution >= 0.6 is 0 Å². The number of carbonyl (C=O) groups is 1. The van der Waals surface area contributed by atoms with E-state index in [-0.39, 0.29) is 0 Å². The number of carboxylic acid groups (broad SMARTS) is 1. The van der Waals surface area contributed by atoms with Gasteiger partial charge in [-0.1, -0.05) is 31.5 Å². The number of phenolic OH excluding ortho intramolecular Hbond substituents is 1. The summed E-state index contributed by atoms with van der Waals surface area (Å²) in [7, 11) is 0. The van der Waals surface area contributed by atoms with Crippen LogP contribution < -0.4 is 0 Å². The maximum Gasteiger partial charge on any atom is 0.300 e. The molecule has 0 unspecified atom stereocenters. The smallest absolute Gasteiger partial charge is 0.300 e. The highest BCUT2D eigenvalue weighted by Gasteiger charge is 1.96. The molecule has 2 N–H and O–H groups in total. The molecule has 0 saturated heterocycles. The Labute approximate surface area is 90.4 Å². The Bertz CT molecular complexity index is 291. The number of rotatable bonds is 3. The minimum Gasteiger partial charge on any atom is -0.508 e. The molecule has 3 nitrogen and oxygen atoms in total. The Morgan fingerprint density at radius 1 is 1.33 bits per heavy atom. The molecule has 1 aromatic carbocycles. The van der Waals surface area contributed by atoms with E-state index in [1.54, 1.807) is 6.07 Å². The molecule has 0 radical (unpaired) electrons. The van der Waals surface area contributed by atoms with Gasteiger partial charge in [-0.2, -0.15) is 0 Å². The highest BCUT2D eigenvalue weighted by molar-refractivity contribution is 5.62. The van der Waals surface area contributed by atoms with Gasteiger partial charge in [0.25, 0.3) is 5.97 Å². The Morgan fingerprint density at radius 3 is 2.33 bits per heavy atom. The van der Waals surface area contributed by atoms with E-state index in [2.05, 4.69) is 6.92 Å². The van der Waals surface area contributed by atoms with Gasteiger partial charge in [0.05, 0.1) is 0 Å². The van der Waals surface area contributed by atoms with Gasteiger partial charge in [0, 0.05) is 6.92 Å². The van der Waals surface area contributed by atoms with Crippen molar-refractivity contribution < 1.29 is 15.0 Å². The van der Waals surface area contributed by atoms with E-state index in [0.717, 1.165) is 25.3 Å². The third kappa shape index (κ3) is 7.55. The van der Waals surface area contributed by atoms with Gasteiger partial charge in [-0.3, -0.25) is 4.79 Å². The third-order valence-corrected chi connectivity index (χ3v) is 1.79. The molecule has 0 aliphatic rings. The predicted octanol–water partition coefficient (Wildman–Crippen LogP) is 2.83. The van der Waals surface area contributed by atoms with Gasteiger partial charge in [-0.15, -0.1) is 0 Å². The summed E-state index contributed by atoms with van der Waals surface area (Å²) in [4.78, 5) is 9.00. The zero-order valence-electron chi connectivity index (χ0n) is 9.23. The van der Waals surface area contributed by atoms with Crippen molar-refractivity contribution in [2.24, 2.45) is 0 Å². The van der Waals surface area contributed by atoms with Crippen LogP contribution in [0.15, 0.2) is 24.3 Å². The average Bonchev–Trinajstić information content (AvgIpc) is 2.16. The Hall–Kier alpha value is -1.51. The summed E-state index contributed by atoms with van der Waals surface area (Å²) in [6.07, 6.45) is 3.31. The fraction of sp³-hybridized carbons (Fsp3) is 0.417. The molecule has 0 heterocycles. The van der Waals surface area contributed by atoms with Crippen molar-refractivity contribution >= 4 is 5.97 Å². The number of para-hydroxylation sites is 1. The first-order valence-corrected chi connectivity index (χ1v) is 5.04. The van der Waals surface area contributed by atoms with Crippen molar-refractivity contribution in [2.75, 3.05) is 0 Å². The van der Waals surface area contributed by atoms with Gasteiger partial charge >= 0.3 is 0 Å². The lowest BCUT2D eigenvalue weighted by atomic mass is 10.1. The zero-order chi connectivity index (χ0) is 11.7. The Kier molecular flexibility index (Phi) is 7.06. The molecule has 0 fully saturated rings. The van der Waals surface area contributed by atoms with Crippen LogP contribution in [0.3, 0.4) is 0 Å². The van der Waals surface area contributed by atoms with Gasteiger partial charge in [-0.25, -0.2) is 0 Å². The summed E-state index contributed by atoms with van der Waals surface area (Å²) >= 11 is 0. The largest absolute Gasteiger partial charge is 0.508 e. The lowest BCUT2D eigenvalue weighted by Gasteiger charge is -2.01. The van der Waals surface area contributed by atoms with Crippen LogP contribution in [0.25, 0.3) is 0 Å². The first-order valence-electron chi connectivity index (χ1n) is 5.04. The van der Waals surface area contributed by atoms with Crippen LogP contribution in [0.1, 0.15) is 32.3 Å². The van der Waals surface area contributed by atoms with E-state index in [0.29, 0.717) is 5.75 Å². The minimum atomic E-state index is -0.833. The van der Waals surface area contributed by atoms with Gasteiger partial charge < -0.3 is 10.2 Å². The molecular weight excluding hydrogens is 192 g/mol. The number of phenols is 1. The highest BCUT2D eigenvalue weighted by atomic mass is 16.4. The number of benzene rings is 1. The molecular formula is C12H18O3. The Morgan fingerprint density at radius 2 is 1.87 bits per heavy atom. The molecule has 1 aromatic rings. The summed E-state index contributed by atoms with van der Waals surface area (Å²) in [6, 6.07) is 7.53. The number of aryl methyl sites for hydroxylation is 1. The number of aliphatic carboxylic acids is 1. The van der Waals surface area contributed by atoms with Crippen LogP contribution in [0.5, 0.6) is 5.75 Å². The van der Waals surface area contributed by atoms with E-state index < -0.39 is 5.97 Å². The number of unbranched alkanes of at least 4 members (excludes halogenated alkanes) is 1. The van der Waals surface area contributed by atoms with Crippen molar-refractivity contribution in [3.8, 4) is 5.75 Å². The number of aromatic hydroxyl groups is 1. The van der Waals surface area contributed by atoms with Crippen LogP contribution in [-0.4, -0.2) is 16.2 Å². The second-order valence-corrected chi connectivity index (χ2v) is 3.25. The van der Waals surface area contributed by atoms with Crippen LogP contribution in [0.4, 0.5) is 0 Å². The summed E-state index contributed by atoms with van der Waals surface area (Å²) in [5.41, 5.74) is 1.06. The Balaban J connectivity index is 0.000000423. The van der Waals surface area contributed by atoms with Gasteiger partial charge in [0.15, 0.2) is 0 Å². The summed E-state index contributed by atoms with van der Waals surface area (Å²) in [5, 5.41) is 16.8. The maximum absolute atomic E-state index is 9.34. The first-order chi connectivity index (χ1) is 7.07. The summed E-state index contributed by atoms with van der Waals surface area (Å²) < 4.78 is 0. The van der Waals surface area contributed by atoms with E-state index in [9.17, 15) is 5.11 Å². The van der Waals surface area contributed by atoms with E-state index in [1.807, 2.05) is 18.2 Å². The summed E-state index contributed by atoms with van der Waals surface area (Å²) in [6.45, 7) is 3.24. The summed E-state index contributed by atoms with van der Waals surface area (Å²) in [5.74, 6) is -0.402. The van der Waals surface area contributed by atoms with E-state index in [4.69, 9.17) is 9.90 Å². The second-order valence-electron chi connectivity index (χ2n) is 3.25. The fourth-order valence-electron chi connectivity index (χ4n) is 1.09. The molecule has 84 valence electrons. The normalized spacial score (nSPS) is 8.93. The fourth-order valence-corrected chi connectivity index (χ4v) is 1.09. The SMILES string of the molecule is CC(=O)O.CCCCc1ccccc1O. The molecule has 0 bridgehead atoms. The molecule has 15 heavy (non-hydrogen) atoms. The van der Waals surface area contributed by atoms with Crippen molar-refractivity contribution in [1.82, 2.24) is 0 Å².